The van der Waals surface area contributed by atoms with E-state index in [2.05, 4.69) is 5.32 Å². The van der Waals surface area contributed by atoms with Crippen molar-refractivity contribution in [2.24, 2.45) is 5.92 Å². The molecule has 2 aromatic carbocycles. The van der Waals surface area contributed by atoms with Gasteiger partial charge in [-0.2, -0.15) is 4.31 Å². The van der Waals surface area contributed by atoms with Gasteiger partial charge in [-0.05, 0) is 44.0 Å². The van der Waals surface area contributed by atoms with Crippen molar-refractivity contribution in [1.29, 1.82) is 0 Å². The second-order valence-corrected chi connectivity index (χ2v) is 9.37. The Bertz CT molecular complexity index is 1080. The first-order chi connectivity index (χ1) is 13.9. The molecule has 6 nitrogen and oxygen atoms in total. The molecule has 1 amide bonds. The van der Waals surface area contributed by atoms with Crippen molar-refractivity contribution in [2.75, 3.05) is 13.1 Å². The molecule has 1 aliphatic rings. The molecule has 2 heterocycles. The Balaban J connectivity index is 1.44. The lowest BCUT2D eigenvalue weighted by Crippen LogP contribution is -2.45. The molecule has 1 aliphatic heterocycles. The highest BCUT2D eigenvalue weighted by molar-refractivity contribution is 7.89. The van der Waals surface area contributed by atoms with Gasteiger partial charge in [0.25, 0.3) is 0 Å². The molecule has 1 aromatic heterocycles. The Morgan fingerprint density at radius 1 is 1.14 bits per heavy atom. The number of piperidine rings is 1. The summed E-state index contributed by atoms with van der Waals surface area (Å²) in [6.45, 7) is 2.49. The number of nitrogens with zero attached hydrogens (tertiary/aromatic N) is 1. The average Bonchev–Trinajstić information content (AvgIpc) is 3.19. The van der Waals surface area contributed by atoms with E-state index in [1.54, 1.807) is 30.3 Å². The van der Waals surface area contributed by atoms with Crippen LogP contribution >= 0.6 is 0 Å². The van der Waals surface area contributed by atoms with Crippen LogP contribution in [0.1, 0.15) is 31.6 Å². The van der Waals surface area contributed by atoms with E-state index in [0.717, 1.165) is 11.0 Å². The fourth-order valence-electron chi connectivity index (χ4n) is 3.73. The molecule has 2 unspecified atom stereocenters. The van der Waals surface area contributed by atoms with Crippen molar-refractivity contribution < 1.29 is 17.6 Å². The molecule has 0 saturated carbocycles. The third-order valence-electron chi connectivity index (χ3n) is 5.37. The van der Waals surface area contributed by atoms with E-state index in [0.29, 0.717) is 25.1 Å². The lowest BCUT2D eigenvalue weighted by molar-refractivity contribution is -0.126. The van der Waals surface area contributed by atoms with E-state index < -0.39 is 10.0 Å². The number of benzene rings is 2. The molecule has 2 atom stereocenters. The number of fused-ring (bicyclic) bond motifs is 1. The number of hydrogen-bond acceptors (Lipinski definition) is 4. The summed E-state index contributed by atoms with van der Waals surface area (Å²) in [5, 5.41) is 3.97. The first-order valence-electron chi connectivity index (χ1n) is 9.79. The summed E-state index contributed by atoms with van der Waals surface area (Å²) in [6, 6.07) is 17.7. The van der Waals surface area contributed by atoms with Crippen LogP contribution in [0.4, 0.5) is 0 Å². The maximum absolute atomic E-state index is 12.9. The summed E-state index contributed by atoms with van der Waals surface area (Å²) in [5.41, 5.74) is 0.779. The summed E-state index contributed by atoms with van der Waals surface area (Å²) in [4.78, 5) is 13.1. The van der Waals surface area contributed by atoms with E-state index in [4.69, 9.17) is 4.42 Å². The number of nitrogens with one attached hydrogen (secondary N) is 1. The van der Waals surface area contributed by atoms with E-state index in [1.807, 2.05) is 37.3 Å². The summed E-state index contributed by atoms with van der Waals surface area (Å²) in [7, 11) is -3.59. The van der Waals surface area contributed by atoms with Crippen LogP contribution in [0, 0.1) is 5.92 Å². The minimum atomic E-state index is -3.59. The molecule has 0 spiro atoms. The van der Waals surface area contributed by atoms with E-state index in [9.17, 15) is 13.2 Å². The van der Waals surface area contributed by atoms with Gasteiger partial charge in [-0.3, -0.25) is 4.79 Å². The number of furan rings is 1. The predicted molar refractivity (Wildman–Crippen MR) is 111 cm³/mol. The van der Waals surface area contributed by atoms with Crippen molar-refractivity contribution in [3.05, 3.63) is 66.4 Å². The summed E-state index contributed by atoms with van der Waals surface area (Å²) in [6.07, 6.45) is 1.32. The molecule has 1 N–H and O–H groups in total. The number of sulfonamides is 1. The van der Waals surface area contributed by atoms with Crippen molar-refractivity contribution in [1.82, 2.24) is 9.62 Å². The summed E-state index contributed by atoms with van der Waals surface area (Å²) >= 11 is 0. The van der Waals surface area contributed by atoms with Crippen LogP contribution in [0.25, 0.3) is 11.0 Å². The van der Waals surface area contributed by atoms with Gasteiger partial charge in [-0.15, -0.1) is 0 Å². The predicted octanol–water partition coefficient (Wildman–Crippen LogP) is 3.71. The molecule has 0 bridgehead atoms. The number of carbonyl (C=O) groups excluding carboxylic acids is 1. The molecule has 1 fully saturated rings. The van der Waals surface area contributed by atoms with Crippen LogP contribution in [0.5, 0.6) is 0 Å². The van der Waals surface area contributed by atoms with Gasteiger partial charge in [0.1, 0.15) is 11.3 Å². The zero-order valence-electron chi connectivity index (χ0n) is 16.2. The van der Waals surface area contributed by atoms with Gasteiger partial charge in [0, 0.05) is 18.5 Å². The standard InChI is InChI=1S/C22H24N2O4S/c1-16(21-14-17-8-5-6-12-20(17)28-21)23-22(25)18-9-7-13-24(15-18)29(26,27)19-10-3-2-4-11-19/h2-6,8,10-12,14,16,18H,7,9,13,15H2,1H3,(H,23,25). The number of carbonyl (C=O) groups is 1. The minimum Gasteiger partial charge on any atom is -0.459 e. The Hall–Kier alpha value is -2.64. The number of rotatable bonds is 5. The normalized spacial score (nSPS) is 19.1. The smallest absolute Gasteiger partial charge is 0.243 e. The van der Waals surface area contributed by atoms with E-state index >= 15 is 0 Å². The Kier molecular flexibility index (Phi) is 5.43. The van der Waals surface area contributed by atoms with Gasteiger partial charge in [0.2, 0.25) is 15.9 Å². The van der Waals surface area contributed by atoms with E-state index in [1.165, 1.54) is 4.31 Å². The van der Waals surface area contributed by atoms with Gasteiger partial charge in [-0.1, -0.05) is 36.4 Å². The molecule has 7 heteroatoms. The molecule has 0 aliphatic carbocycles. The van der Waals surface area contributed by atoms with Crippen molar-refractivity contribution >= 4 is 26.9 Å². The van der Waals surface area contributed by atoms with Crippen LogP contribution in [-0.2, 0) is 14.8 Å². The maximum Gasteiger partial charge on any atom is 0.243 e. The Morgan fingerprint density at radius 2 is 1.86 bits per heavy atom. The molecule has 1 saturated heterocycles. The SMILES string of the molecule is CC(NC(=O)C1CCCN(S(=O)(=O)c2ccccc2)C1)c1cc2ccccc2o1. The number of amides is 1. The van der Waals surface area contributed by atoms with Gasteiger partial charge < -0.3 is 9.73 Å². The summed E-state index contributed by atoms with van der Waals surface area (Å²) in [5.74, 6) is 0.157. The zero-order valence-corrected chi connectivity index (χ0v) is 17.1. The van der Waals surface area contributed by atoms with Crippen LogP contribution in [0.2, 0.25) is 0 Å². The molecule has 4 rings (SSSR count). The monoisotopic (exact) mass is 412 g/mol. The van der Waals surface area contributed by atoms with E-state index in [-0.39, 0.29) is 29.3 Å². The maximum atomic E-state index is 12.9. The van der Waals surface area contributed by atoms with Crippen LogP contribution in [0.3, 0.4) is 0 Å². The lowest BCUT2D eigenvalue weighted by atomic mass is 9.98. The van der Waals surface area contributed by atoms with Crippen LogP contribution in [-0.4, -0.2) is 31.7 Å². The van der Waals surface area contributed by atoms with Gasteiger partial charge >= 0.3 is 0 Å². The number of para-hydroxylation sites is 1. The Labute approximate surface area is 170 Å². The second-order valence-electron chi connectivity index (χ2n) is 7.43. The molecular formula is C22H24N2O4S. The highest BCUT2D eigenvalue weighted by atomic mass is 32.2. The molecule has 152 valence electrons. The number of hydrogen-bond donors (Lipinski definition) is 1. The van der Waals surface area contributed by atoms with Crippen LogP contribution in [0.15, 0.2) is 70.0 Å². The highest BCUT2D eigenvalue weighted by Gasteiger charge is 2.33. The van der Waals surface area contributed by atoms with Crippen molar-refractivity contribution in [3.8, 4) is 0 Å². The molecular weight excluding hydrogens is 388 g/mol. The molecule has 0 radical (unpaired) electrons. The molecule has 29 heavy (non-hydrogen) atoms. The fourth-order valence-corrected chi connectivity index (χ4v) is 5.28. The first kappa shape index (κ1) is 19.7. The quantitative estimate of drug-likeness (QED) is 0.693. The van der Waals surface area contributed by atoms with Gasteiger partial charge in [0.05, 0.1) is 16.9 Å². The van der Waals surface area contributed by atoms with Crippen LogP contribution < -0.4 is 5.32 Å². The first-order valence-corrected chi connectivity index (χ1v) is 11.2. The third kappa shape index (κ3) is 4.06. The summed E-state index contributed by atoms with van der Waals surface area (Å²) < 4.78 is 33.0. The largest absolute Gasteiger partial charge is 0.459 e. The van der Waals surface area contributed by atoms with Crippen molar-refractivity contribution in [3.63, 3.8) is 0 Å². The van der Waals surface area contributed by atoms with Gasteiger partial charge in [0.15, 0.2) is 0 Å². The minimum absolute atomic E-state index is 0.147. The fraction of sp³-hybridized carbons (Fsp3) is 0.318. The Morgan fingerprint density at radius 3 is 2.62 bits per heavy atom. The second kappa shape index (κ2) is 8.00. The molecule has 3 aromatic rings. The third-order valence-corrected chi connectivity index (χ3v) is 7.25. The topological polar surface area (TPSA) is 79.6 Å². The highest BCUT2D eigenvalue weighted by Crippen LogP contribution is 2.26. The average molecular weight is 413 g/mol. The van der Waals surface area contributed by atoms with Gasteiger partial charge in [-0.25, -0.2) is 8.42 Å². The van der Waals surface area contributed by atoms with Crippen molar-refractivity contribution in [2.45, 2.75) is 30.7 Å². The zero-order chi connectivity index (χ0) is 20.4. The lowest BCUT2D eigenvalue weighted by Gasteiger charge is -2.31.